The minimum atomic E-state index is -4.07. The molecular formula is C16H23ClN4O4S. The van der Waals surface area contributed by atoms with Crippen molar-refractivity contribution in [2.24, 2.45) is 19.8 Å². The van der Waals surface area contributed by atoms with E-state index in [2.05, 4.69) is 0 Å². The van der Waals surface area contributed by atoms with Crippen LogP contribution >= 0.6 is 12.4 Å². The molecule has 8 nitrogen and oxygen atoms in total. The van der Waals surface area contributed by atoms with Crippen LogP contribution in [0, 0.1) is 0 Å². The first kappa shape index (κ1) is 22.1. The smallest absolute Gasteiger partial charge is 0.329 e. The van der Waals surface area contributed by atoms with E-state index in [1.807, 2.05) is 30.3 Å². The van der Waals surface area contributed by atoms with Gasteiger partial charge in [-0.05, 0) is 12.0 Å². The van der Waals surface area contributed by atoms with Crippen LogP contribution in [0.1, 0.15) is 5.56 Å². The Morgan fingerprint density at radius 3 is 2.27 bits per heavy atom. The van der Waals surface area contributed by atoms with Crippen LogP contribution in [-0.4, -0.2) is 41.5 Å². The zero-order valence-corrected chi connectivity index (χ0v) is 16.3. The predicted molar refractivity (Wildman–Crippen MR) is 102 cm³/mol. The highest BCUT2D eigenvalue weighted by Crippen LogP contribution is 2.12. The molecule has 0 fully saturated rings. The second-order valence-electron chi connectivity index (χ2n) is 5.68. The third kappa shape index (κ3) is 4.61. The number of sulfonamides is 1. The summed E-state index contributed by atoms with van der Waals surface area (Å²) < 4.78 is 28.9. The van der Waals surface area contributed by atoms with Gasteiger partial charge in [-0.25, -0.2) is 13.2 Å². The second-order valence-corrected chi connectivity index (χ2v) is 7.59. The number of hydrogen-bond donors (Lipinski definition) is 1. The molecule has 0 aliphatic heterocycles. The molecule has 0 aliphatic rings. The lowest BCUT2D eigenvalue weighted by Gasteiger charge is -2.21. The Hall–Kier alpha value is -1.94. The molecule has 0 amide bonds. The fourth-order valence-corrected chi connectivity index (χ4v) is 4.09. The van der Waals surface area contributed by atoms with Crippen molar-refractivity contribution in [2.75, 3.05) is 19.6 Å². The van der Waals surface area contributed by atoms with Crippen LogP contribution in [0.2, 0.25) is 0 Å². The molecule has 2 N–H and O–H groups in total. The lowest BCUT2D eigenvalue weighted by molar-refractivity contribution is 0.419. The number of nitrogens with zero attached hydrogens (tertiary/aromatic N) is 3. The van der Waals surface area contributed by atoms with Crippen LogP contribution < -0.4 is 17.0 Å². The highest BCUT2D eigenvalue weighted by molar-refractivity contribution is 7.89. The molecule has 0 saturated heterocycles. The first-order valence-corrected chi connectivity index (χ1v) is 9.24. The Balaban J connectivity index is 0.00000338. The molecule has 1 aromatic carbocycles. The predicted octanol–water partition coefficient (Wildman–Crippen LogP) is -0.302. The Kier molecular flexibility index (Phi) is 7.76. The zero-order valence-electron chi connectivity index (χ0n) is 14.7. The van der Waals surface area contributed by atoms with Crippen LogP contribution in [0.4, 0.5) is 0 Å². The van der Waals surface area contributed by atoms with Gasteiger partial charge in [0.25, 0.3) is 5.56 Å². The number of aromatic nitrogens is 2. The van der Waals surface area contributed by atoms with E-state index in [0.29, 0.717) is 6.42 Å². The van der Waals surface area contributed by atoms with Gasteiger partial charge in [0.2, 0.25) is 10.0 Å². The third-order valence-corrected chi connectivity index (χ3v) is 5.78. The van der Waals surface area contributed by atoms with Gasteiger partial charge in [0.15, 0.2) is 4.90 Å². The number of aryl methyl sites for hydroxylation is 1. The maximum absolute atomic E-state index is 12.9. The fourth-order valence-electron chi connectivity index (χ4n) is 2.49. The molecule has 0 bridgehead atoms. The maximum atomic E-state index is 12.9. The lowest BCUT2D eigenvalue weighted by Crippen LogP contribution is -2.44. The van der Waals surface area contributed by atoms with Crippen molar-refractivity contribution < 1.29 is 8.42 Å². The minimum absolute atomic E-state index is 0. The van der Waals surface area contributed by atoms with E-state index >= 15 is 0 Å². The number of nitrogens with two attached hydrogens (primary N) is 1. The number of benzene rings is 1. The average Bonchev–Trinajstić information content (AvgIpc) is 2.60. The summed E-state index contributed by atoms with van der Waals surface area (Å²) in [4.78, 5) is 23.6. The lowest BCUT2D eigenvalue weighted by atomic mass is 10.1. The van der Waals surface area contributed by atoms with E-state index in [9.17, 15) is 18.0 Å². The fraction of sp³-hybridized carbons (Fsp3) is 0.375. The van der Waals surface area contributed by atoms with E-state index in [1.54, 1.807) is 0 Å². The van der Waals surface area contributed by atoms with Gasteiger partial charge in [-0.3, -0.25) is 9.36 Å². The summed E-state index contributed by atoms with van der Waals surface area (Å²) in [7, 11) is -1.41. The van der Waals surface area contributed by atoms with Gasteiger partial charge in [0, 0.05) is 39.9 Å². The normalized spacial score (nSPS) is 11.4. The van der Waals surface area contributed by atoms with Gasteiger partial charge >= 0.3 is 5.69 Å². The standard InChI is InChI=1S/C16H22N4O4S.ClH/c1-18-12-14(15(21)19(2)16(18)22)25(23,24)20(11-9-17)10-8-13-6-4-3-5-7-13;/h3-7,12H,8-11,17H2,1-2H3;1H. The Bertz CT molecular complexity index is 954. The summed E-state index contributed by atoms with van der Waals surface area (Å²) >= 11 is 0. The topological polar surface area (TPSA) is 107 Å². The Labute approximate surface area is 158 Å². The molecule has 0 atom stereocenters. The summed E-state index contributed by atoms with van der Waals surface area (Å²) in [5, 5.41) is 0. The molecule has 0 unspecified atom stereocenters. The zero-order chi connectivity index (χ0) is 18.6. The second kappa shape index (κ2) is 9.13. The van der Waals surface area contributed by atoms with Crippen LogP contribution in [-0.2, 0) is 30.5 Å². The molecule has 2 aromatic rings. The van der Waals surface area contributed by atoms with Gasteiger partial charge < -0.3 is 10.3 Å². The summed E-state index contributed by atoms with van der Waals surface area (Å²) in [5.41, 5.74) is 5.10. The average molecular weight is 403 g/mol. The third-order valence-electron chi connectivity index (χ3n) is 3.90. The van der Waals surface area contributed by atoms with Crippen molar-refractivity contribution in [1.29, 1.82) is 0 Å². The van der Waals surface area contributed by atoms with Crippen LogP contribution in [0.5, 0.6) is 0 Å². The van der Waals surface area contributed by atoms with Crippen molar-refractivity contribution in [3.63, 3.8) is 0 Å². The molecular weight excluding hydrogens is 380 g/mol. The highest BCUT2D eigenvalue weighted by atomic mass is 35.5. The van der Waals surface area contributed by atoms with E-state index in [1.165, 1.54) is 18.4 Å². The van der Waals surface area contributed by atoms with Gasteiger partial charge in [-0.2, -0.15) is 4.31 Å². The van der Waals surface area contributed by atoms with Crippen molar-refractivity contribution in [3.05, 3.63) is 62.9 Å². The van der Waals surface area contributed by atoms with Crippen molar-refractivity contribution >= 4 is 22.4 Å². The molecule has 10 heteroatoms. The largest absolute Gasteiger partial charge is 0.330 e. The van der Waals surface area contributed by atoms with Gasteiger partial charge in [-0.15, -0.1) is 12.4 Å². The van der Waals surface area contributed by atoms with E-state index in [4.69, 9.17) is 5.73 Å². The van der Waals surface area contributed by atoms with Crippen molar-refractivity contribution in [2.45, 2.75) is 11.3 Å². The number of hydrogen-bond acceptors (Lipinski definition) is 5. The van der Waals surface area contributed by atoms with Crippen LogP contribution in [0.3, 0.4) is 0 Å². The maximum Gasteiger partial charge on any atom is 0.330 e. The molecule has 0 aliphatic carbocycles. The molecule has 0 spiro atoms. The summed E-state index contributed by atoms with van der Waals surface area (Å²) in [6.07, 6.45) is 1.55. The van der Waals surface area contributed by atoms with Gasteiger partial charge in [0.05, 0.1) is 0 Å². The van der Waals surface area contributed by atoms with Crippen molar-refractivity contribution in [1.82, 2.24) is 13.4 Å². The molecule has 0 radical (unpaired) electrons. The summed E-state index contributed by atoms with van der Waals surface area (Å²) in [5.74, 6) is 0. The highest BCUT2D eigenvalue weighted by Gasteiger charge is 2.28. The van der Waals surface area contributed by atoms with E-state index in [-0.39, 0.29) is 32.0 Å². The first-order valence-electron chi connectivity index (χ1n) is 7.80. The van der Waals surface area contributed by atoms with Crippen LogP contribution in [0.25, 0.3) is 0 Å². The quantitative estimate of drug-likeness (QED) is 0.684. The minimum Gasteiger partial charge on any atom is -0.329 e. The molecule has 26 heavy (non-hydrogen) atoms. The molecule has 1 heterocycles. The molecule has 144 valence electrons. The number of halogens is 1. The van der Waals surface area contributed by atoms with Crippen molar-refractivity contribution in [3.8, 4) is 0 Å². The summed E-state index contributed by atoms with van der Waals surface area (Å²) in [6, 6.07) is 9.43. The molecule has 2 rings (SSSR count). The monoisotopic (exact) mass is 402 g/mol. The SMILES string of the molecule is Cl.Cn1cc(S(=O)(=O)N(CCN)CCc2ccccc2)c(=O)n(C)c1=O. The van der Waals surface area contributed by atoms with Gasteiger partial charge in [0.1, 0.15) is 0 Å². The molecule has 0 saturated carbocycles. The first-order chi connectivity index (χ1) is 11.8. The summed E-state index contributed by atoms with van der Waals surface area (Å²) in [6.45, 7) is 0.400. The van der Waals surface area contributed by atoms with E-state index in [0.717, 1.165) is 20.9 Å². The molecule has 1 aromatic heterocycles. The van der Waals surface area contributed by atoms with E-state index < -0.39 is 26.2 Å². The Morgan fingerprint density at radius 2 is 1.69 bits per heavy atom. The Morgan fingerprint density at radius 1 is 1.08 bits per heavy atom. The number of rotatable bonds is 7. The van der Waals surface area contributed by atoms with Gasteiger partial charge in [-0.1, -0.05) is 30.3 Å². The van der Waals surface area contributed by atoms with Crippen LogP contribution in [0.15, 0.2) is 51.0 Å².